The van der Waals surface area contributed by atoms with Gasteiger partial charge in [0.2, 0.25) is 11.6 Å². The Morgan fingerprint density at radius 2 is 1.50 bits per heavy atom. The molecule has 0 aromatic heterocycles. The minimum absolute atomic E-state index is 0.0542. The number of halogens is 5. The first-order valence-corrected chi connectivity index (χ1v) is 5.40. The molecule has 20 heavy (non-hydrogen) atoms. The molecule has 2 N–H and O–H groups in total. The monoisotopic (exact) mass is 289 g/mol. The largest absolute Gasteiger partial charge is 0.483 e. The van der Waals surface area contributed by atoms with Crippen molar-refractivity contribution >= 4 is 5.69 Å². The SMILES string of the molecule is Nc1cccc(COc2c(F)c(F)cc(F)c2F)c1F. The lowest BCUT2D eigenvalue weighted by Crippen LogP contribution is -2.06. The van der Waals surface area contributed by atoms with E-state index in [0.29, 0.717) is 0 Å². The molecule has 0 spiro atoms. The van der Waals surface area contributed by atoms with Crippen molar-refractivity contribution in [3.8, 4) is 5.75 Å². The van der Waals surface area contributed by atoms with E-state index in [1.54, 1.807) is 0 Å². The molecule has 0 saturated carbocycles. The van der Waals surface area contributed by atoms with Gasteiger partial charge in [-0.05, 0) is 6.07 Å². The molecule has 0 bridgehead atoms. The van der Waals surface area contributed by atoms with Crippen molar-refractivity contribution < 1.29 is 26.7 Å². The maximum Gasteiger partial charge on any atom is 0.203 e. The van der Waals surface area contributed by atoms with Crippen molar-refractivity contribution in [2.45, 2.75) is 6.61 Å². The predicted octanol–water partition coefficient (Wildman–Crippen LogP) is 3.54. The average molecular weight is 289 g/mol. The van der Waals surface area contributed by atoms with Gasteiger partial charge in [0, 0.05) is 11.6 Å². The molecule has 0 saturated heterocycles. The molecule has 0 aliphatic heterocycles. The van der Waals surface area contributed by atoms with Crippen molar-refractivity contribution in [2.24, 2.45) is 0 Å². The number of nitrogen functional groups attached to an aromatic ring is 1. The summed E-state index contributed by atoms with van der Waals surface area (Å²) in [5.41, 5.74) is 5.01. The van der Waals surface area contributed by atoms with Gasteiger partial charge in [0.05, 0.1) is 5.69 Å². The van der Waals surface area contributed by atoms with E-state index < -0.39 is 41.4 Å². The number of nitrogens with two attached hydrogens (primary N) is 1. The van der Waals surface area contributed by atoms with E-state index in [-0.39, 0.29) is 17.3 Å². The minimum atomic E-state index is -1.69. The summed E-state index contributed by atoms with van der Waals surface area (Å²) in [5, 5.41) is 0. The number of hydrogen-bond acceptors (Lipinski definition) is 2. The van der Waals surface area contributed by atoms with Crippen LogP contribution in [-0.2, 0) is 6.61 Å². The van der Waals surface area contributed by atoms with Gasteiger partial charge < -0.3 is 10.5 Å². The molecule has 2 aromatic carbocycles. The highest BCUT2D eigenvalue weighted by Gasteiger charge is 2.21. The number of ether oxygens (including phenoxy) is 1. The second kappa shape index (κ2) is 5.36. The minimum Gasteiger partial charge on any atom is -0.483 e. The summed E-state index contributed by atoms with van der Waals surface area (Å²) in [6, 6.07) is 3.99. The molecule has 0 atom stereocenters. The Bertz CT molecular complexity index is 633. The zero-order chi connectivity index (χ0) is 14.9. The molecular formula is C13H8F5NO. The van der Waals surface area contributed by atoms with Crippen molar-refractivity contribution in [1.29, 1.82) is 0 Å². The first-order valence-electron chi connectivity index (χ1n) is 5.40. The Morgan fingerprint density at radius 1 is 0.900 bits per heavy atom. The van der Waals surface area contributed by atoms with Gasteiger partial charge in [0.15, 0.2) is 23.2 Å². The fourth-order valence-corrected chi connectivity index (χ4v) is 1.54. The molecule has 0 amide bonds. The van der Waals surface area contributed by atoms with Crippen molar-refractivity contribution in [2.75, 3.05) is 5.73 Å². The molecule has 7 heteroatoms. The number of hydrogen-bond donors (Lipinski definition) is 1. The smallest absolute Gasteiger partial charge is 0.203 e. The quantitative estimate of drug-likeness (QED) is 0.533. The van der Waals surface area contributed by atoms with Crippen LogP contribution in [0.5, 0.6) is 5.75 Å². The van der Waals surface area contributed by atoms with E-state index in [1.165, 1.54) is 18.2 Å². The van der Waals surface area contributed by atoms with Gasteiger partial charge in [0.25, 0.3) is 0 Å². The number of rotatable bonds is 3. The van der Waals surface area contributed by atoms with Crippen LogP contribution in [0.1, 0.15) is 5.56 Å². The maximum absolute atomic E-state index is 13.5. The van der Waals surface area contributed by atoms with Crippen LogP contribution in [0.4, 0.5) is 27.6 Å². The van der Waals surface area contributed by atoms with Crippen LogP contribution in [0.3, 0.4) is 0 Å². The van der Waals surface area contributed by atoms with Crippen LogP contribution in [-0.4, -0.2) is 0 Å². The van der Waals surface area contributed by atoms with Gasteiger partial charge in [-0.1, -0.05) is 12.1 Å². The third kappa shape index (κ3) is 2.52. The fraction of sp³-hybridized carbons (Fsp3) is 0.0769. The van der Waals surface area contributed by atoms with E-state index in [1.807, 2.05) is 0 Å². The van der Waals surface area contributed by atoms with Crippen molar-refractivity contribution in [1.82, 2.24) is 0 Å². The predicted molar refractivity (Wildman–Crippen MR) is 61.4 cm³/mol. The van der Waals surface area contributed by atoms with Gasteiger partial charge in [-0.25, -0.2) is 13.2 Å². The highest BCUT2D eigenvalue weighted by atomic mass is 19.2. The molecule has 0 aliphatic rings. The Morgan fingerprint density at radius 3 is 2.10 bits per heavy atom. The summed E-state index contributed by atoms with van der Waals surface area (Å²) in [6.07, 6.45) is 0. The highest BCUT2D eigenvalue weighted by molar-refractivity contribution is 5.42. The molecule has 0 unspecified atom stereocenters. The average Bonchev–Trinajstić information content (AvgIpc) is 2.41. The Hall–Kier alpha value is -2.31. The first kappa shape index (κ1) is 14.1. The van der Waals surface area contributed by atoms with E-state index in [9.17, 15) is 22.0 Å². The zero-order valence-electron chi connectivity index (χ0n) is 9.89. The van der Waals surface area contributed by atoms with E-state index in [0.717, 1.165) is 0 Å². The van der Waals surface area contributed by atoms with Crippen LogP contribution in [0, 0.1) is 29.1 Å². The van der Waals surface area contributed by atoms with Gasteiger partial charge >= 0.3 is 0 Å². The molecule has 0 heterocycles. The van der Waals surface area contributed by atoms with Crippen LogP contribution in [0.25, 0.3) is 0 Å². The molecule has 0 fully saturated rings. The molecule has 2 rings (SSSR count). The Labute approximate surface area is 110 Å². The summed E-state index contributed by atoms with van der Waals surface area (Å²) in [5.74, 6) is -8.66. The lowest BCUT2D eigenvalue weighted by atomic mass is 10.2. The molecule has 0 radical (unpaired) electrons. The van der Waals surface area contributed by atoms with E-state index >= 15 is 0 Å². The van der Waals surface area contributed by atoms with E-state index in [4.69, 9.17) is 5.73 Å². The summed E-state index contributed by atoms with van der Waals surface area (Å²) in [4.78, 5) is 0. The van der Waals surface area contributed by atoms with Crippen LogP contribution in [0.15, 0.2) is 24.3 Å². The molecule has 106 valence electrons. The lowest BCUT2D eigenvalue weighted by Gasteiger charge is -2.10. The van der Waals surface area contributed by atoms with Crippen LogP contribution < -0.4 is 10.5 Å². The normalized spacial score (nSPS) is 10.7. The Balaban J connectivity index is 2.30. The standard InChI is InChI=1S/C13H8F5NO/c14-7-4-8(15)12(18)13(11(7)17)20-5-6-2-1-3-9(19)10(6)16/h1-4H,5,19H2. The molecule has 0 aliphatic carbocycles. The van der Waals surface area contributed by atoms with Crippen molar-refractivity contribution in [3.63, 3.8) is 0 Å². The maximum atomic E-state index is 13.5. The second-order valence-corrected chi connectivity index (χ2v) is 3.91. The molecule has 2 nitrogen and oxygen atoms in total. The molecule has 2 aromatic rings. The van der Waals surface area contributed by atoms with E-state index in [2.05, 4.69) is 4.74 Å². The number of anilines is 1. The fourth-order valence-electron chi connectivity index (χ4n) is 1.54. The lowest BCUT2D eigenvalue weighted by molar-refractivity contribution is 0.258. The van der Waals surface area contributed by atoms with Crippen molar-refractivity contribution in [3.05, 3.63) is 58.9 Å². The van der Waals surface area contributed by atoms with Gasteiger partial charge in [0.1, 0.15) is 6.61 Å². The summed E-state index contributed by atoms with van der Waals surface area (Å²) in [6.45, 7) is -0.631. The zero-order valence-corrected chi connectivity index (χ0v) is 9.89. The Kier molecular flexibility index (Phi) is 3.78. The number of benzene rings is 2. The van der Waals surface area contributed by atoms with Crippen LogP contribution in [0.2, 0.25) is 0 Å². The third-order valence-corrected chi connectivity index (χ3v) is 2.55. The molecular weight excluding hydrogens is 281 g/mol. The highest BCUT2D eigenvalue weighted by Crippen LogP contribution is 2.27. The first-order chi connectivity index (χ1) is 9.41. The second-order valence-electron chi connectivity index (χ2n) is 3.91. The summed E-state index contributed by atoms with van der Waals surface area (Å²) in [7, 11) is 0. The van der Waals surface area contributed by atoms with Gasteiger partial charge in [-0.15, -0.1) is 0 Å². The van der Waals surface area contributed by atoms with Gasteiger partial charge in [-0.3, -0.25) is 0 Å². The van der Waals surface area contributed by atoms with Gasteiger partial charge in [-0.2, -0.15) is 8.78 Å². The third-order valence-electron chi connectivity index (χ3n) is 2.55. The van der Waals surface area contributed by atoms with Crippen LogP contribution >= 0.6 is 0 Å². The topological polar surface area (TPSA) is 35.2 Å². The summed E-state index contributed by atoms with van der Waals surface area (Å²) >= 11 is 0. The summed E-state index contributed by atoms with van der Waals surface area (Å²) < 4.78 is 70.6.